The van der Waals surface area contributed by atoms with E-state index in [-0.39, 0.29) is 0 Å². The zero-order valence-electron chi connectivity index (χ0n) is 9.35. The van der Waals surface area contributed by atoms with Gasteiger partial charge in [-0.1, -0.05) is 0 Å². The number of aromatic nitrogens is 2. The van der Waals surface area contributed by atoms with Crippen LogP contribution in [0.3, 0.4) is 0 Å². The number of hydrogen-bond donors (Lipinski definition) is 1. The van der Waals surface area contributed by atoms with E-state index in [1.165, 1.54) is 0 Å². The number of aryl methyl sites for hydroxylation is 1. The largest absolute Gasteiger partial charge is 0.481 e. The molecular weight excluding hydrogens is 208 g/mol. The van der Waals surface area contributed by atoms with Crippen molar-refractivity contribution < 1.29 is 14.6 Å². The van der Waals surface area contributed by atoms with Crippen molar-refractivity contribution in [3.05, 3.63) is 18.0 Å². The second-order valence-corrected chi connectivity index (χ2v) is 4.44. The third-order valence-corrected chi connectivity index (χ3v) is 3.08. The van der Waals surface area contributed by atoms with Crippen LogP contribution in [-0.4, -0.2) is 34.1 Å². The lowest BCUT2D eigenvalue weighted by atomic mass is 9.78. The molecule has 1 aromatic heterocycles. The van der Waals surface area contributed by atoms with Gasteiger partial charge in [0, 0.05) is 19.9 Å². The number of nitrogens with zero attached hydrogens (tertiary/aromatic N) is 2. The van der Waals surface area contributed by atoms with Gasteiger partial charge in [0.2, 0.25) is 0 Å². The highest BCUT2D eigenvalue weighted by molar-refractivity contribution is 5.75. The summed E-state index contributed by atoms with van der Waals surface area (Å²) in [7, 11) is 1.83. The summed E-state index contributed by atoms with van der Waals surface area (Å²) in [4.78, 5) is 11.4. The van der Waals surface area contributed by atoms with Crippen LogP contribution in [0, 0.1) is 5.41 Å². The average Bonchev–Trinajstić information content (AvgIpc) is 2.65. The van der Waals surface area contributed by atoms with Crippen molar-refractivity contribution in [1.29, 1.82) is 0 Å². The molecular formula is C11H16N2O3. The number of hydrogen-bond acceptors (Lipinski definition) is 3. The Morgan fingerprint density at radius 2 is 2.56 bits per heavy atom. The van der Waals surface area contributed by atoms with Crippen molar-refractivity contribution in [2.24, 2.45) is 12.5 Å². The van der Waals surface area contributed by atoms with Gasteiger partial charge in [-0.2, -0.15) is 5.10 Å². The maximum Gasteiger partial charge on any atom is 0.312 e. The summed E-state index contributed by atoms with van der Waals surface area (Å²) in [5.74, 6) is -0.768. The number of carboxylic acids is 1. The molecule has 88 valence electrons. The van der Waals surface area contributed by atoms with Crippen molar-refractivity contribution in [2.45, 2.75) is 19.3 Å². The van der Waals surface area contributed by atoms with E-state index in [2.05, 4.69) is 5.10 Å². The van der Waals surface area contributed by atoms with Crippen LogP contribution in [0.2, 0.25) is 0 Å². The van der Waals surface area contributed by atoms with E-state index in [1.807, 2.05) is 13.2 Å². The van der Waals surface area contributed by atoms with Gasteiger partial charge in [-0.25, -0.2) is 0 Å². The summed E-state index contributed by atoms with van der Waals surface area (Å²) in [6.07, 6.45) is 5.57. The van der Waals surface area contributed by atoms with Crippen molar-refractivity contribution in [2.75, 3.05) is 13.2 Å². The van der Waals surface area contributed by atoms with Crippen LogP contribution in [0.1, 0.15) is 18.4 Å². The minimum Gasteiger partial charge on any atom is -0.481 e. The quantitative estimate of drug-likeness (QED) is 0.826. The van der Waals surface area contributed by atoms with Crippen molar-refractivity contribution in [1.82, 2.24) is 9.78 Å². The zero-order valence-corrected chi connectivity index (χ0v) is 9.35. The summed E-state index contributed by atoms with van der Waals surface area (Å²) in [5.41, 5.74) is 0.191. The van der Waals surface area contributed by atoms with Gasteiger partial charge in [-0.05, 0) is 24.8 Å². The molecule has 5 nitrogen and oxygen atoms in total. The molecule has 1 saturated heterocycles. The molecule has 2 heterocycles. The summed E-state index contributed by atoms with van der Waals surface area (Å²) in [6.45, 7) is 0.972. The highest BCUT2D eigenvalue weighted by Crippen LogP contribution is 2.32. The summed E-state index contributed by atoms with van der Waals surface area (Å²) < 4.78 is 7.01. The predicted molar refractivity (Wildman–Crippen MR) is 57.0 cm³/mol. The van der Waals surface area contributed by atoms with Crippen molar-refractivity contribution in [3.63, 3.8) is 0 Å². The molecule has 0 saturated carbocycles. The Hall–Kier alpha value is -1.36. The van der Waals surface area contributed by atoms with Gasteiger partial charge in [-0.3, -0.25) is 9.48 Å². The van der Waals surface area contributed by atoms with Crippen LogP contribution in [0.4, 0.5) is 0 Å². The second kappa shape index (κ2) is 4.25. The fraction of sp³-hybridized carbons (Fsp3) is 0.636. The number of aliphatic carboxylic acids is 1. The molecule has 1 unspecified atom stereocenters. The molecule has 1 fully saturated rings. The van der Waals surface area contributed by atoms with Gasteiger partial charge >= 0.3 is 5.97 Å². The lowest BCUT2D eigenvalue weighted by Gasteiger charge is -2.32. The third-order valence-electron chi connectivity index (χ3n) is 3.08. The van der Waals surface area contributed by atoms with E-state index >= 15 is 0 Å². The Morgan fingerprint density at radius 3 is 3.06 bits per heavy atom. The molecule has 0 aliphatic carbocycles. The molecule has 16 heavy (non-hydrogen) atoms. The van der Waals surface area contributed by atoms with E-state index < -0.39 is 11.4 Å². The highest BCUT2D eigenvalue weighted by atomic mass is 16.5. The van der Waals surface area contributed by atoms with Gasteiger partial charge in [0.1, 0.15) is 0 Å². The molecule has 1 N–H and O–H groups in total. The first kappa shape index (κ1) is 11.1. The van der Waals surface area contributed by atoms with E-state index in [1.54, 1.807) is 10.9 Å². The SMILES string of the molecule is Cn1cc(CC2(C(=O)O)CCCOC2)cn1. The topological polar surface area (TPSA) is 64.4 Å². The fourth-order valence-electron chi connectivity index (χ4n) is 2.19. The van der Waals surface area contributed by atoms with E-state index in [9.17, 15) is 9.90 Å². The van der Waals surface area contributed by atoms with Crippen LogP contribution in [-0.2, 0) is 23.0 Å². The number of carbonyl (C=O) groups is 1. The maximum atomic E-state index is 11.4. The Morgan fingerprint density at radius 1 is 1.75 bits per heavy atom. The molecule has 0 amide bonds. The molecule has 5 heteroatoms. The molecule has 1 aliphatic heterocycles. The second-order valence-electron chi connectivity index (χ2n) is 4.44. The summed E-state index contributed by atoms with van der Waals surface area (Å²) in [6, 6.07) is 0. The molecule has 2 rings (SSSR count). The standard InChI is InChI=1S/C11H16N2O3/c1-13-7-9(6-12-13)5-11(10(14)15)3-2-4-16-8-11/h6-7H,2-5,8H2,1H3,(H,14,15). The first-order valence-electron chi connectivity index (χ1n) is 5.41. The fourth-order valence-corrected chi connectivity index (χ4v) is 2.19. The Bertz CT molecular complexity index is 380. The number of rotatable bonds is 3. The average molecular weight is 224 g/mol. The van der Waals surface area contributed by atoms with Crippen LogP contribution >= 0.6 is 0 Å². The number of carboxylic acid groups (broad SMARTS) is 1. The molecule has 1 aromatic rings. The van der Waals surface area contributed by atoms with Gasteiger partial charge < -0.3 is 9.84 Å². The van der Waals surface area contributed by atoms with Gasteiger partial charge in [0.05, 0.1) is 18.2 Å². The Balaban J connectivity index is 2.16. The zero-order chi connectivity index (χ0) is 11.6. The van der Waals surface area contributed by atoms with E-state index in [4.69, 9.17) is 4.74 Å². The molecule has 1 atom stereocenters. The van der Waals surface area contributed by atoms with E-state index in [0.717, 1.165) is 12.0 Å². The first-order chi connectivity index (χ1) is 7.62. The van der Waals surface area contributed by atoms with E-state index in [0.29, 0.717) is 26.1 Å². The van der Waals surface area contributed by atoms with Crippen LogP contribution in [0.25, 0.3) is 0 Å². The minimum atomic E-state index is -0.768. The van der Waals surface area contributed by atoms with Crippen LogP contribution in [0.5, 0.6) is 0 Å². The van der Waals surface area contributed by atoms with Crippen molar-refractivity contribution >= 4 is 5.97 Å². The summed E-state index contributed by atoms with van der Waals surface area (Å²) in [5, 5.41) is 13.4. The third kappa shape index (κ3) is 2.09. The first-order valence-corrected chi connectivity index (χ1v) is 5.41. The molecule has 0 spiro atoms. The molecule has 0 radical (unpaired) electrons. The molecule has 0 bridgehead atoms. The van der Waals surface area contributed by atoms with Gasteiger partial charge in [0.15, 0.2) is 0 Å². The lowest BCUT2D eigenvalue weighted by molar-refractivity contribution is -0.157. The maximum absolute atomic E-state index is 11.4. The lowest BCUT2D eigenvalue weighted by Crippen LogP contribution is -2.41. The van der Waals surface area contributed by atoms with Gasteiger partial charge in [-0.15, -0.1) is 0 Å². The molecule has 0 aromatic carbocycles. The molecule has 1 aliphatic rings. The Kier molecular flexibility index (Phi) is 2.96. The minimum absolute atomic E-state index is 0.303. The van der Waals surface area contributed by atoms with Crippen LogP contribution < -0.4 is 0 Å². The summed E-state index contributed by atoms with van der Waals surface area (Å²) >= 11 is 0. The van der Waals surface area contributed by atoms with Crippen LogP contribution in [0.15, 0.2) is 12.4 Å². The smallest absolute Gasteiger partial charge is 0.312 e. The number of ether oxygens (including phenoxy) is 1. The Labute approximate surface area is 94.0 Å². The highest BCUT2D eigenvalue weighted by Gasteiger charge is 2.40. The predicted octanol–water partition coefficient (Wildman–Crippen LogP) is 0.844. The normalized spacial score (nSPS) is 25.6. The monoisotopic (exact) mass is 224 g/mol. The van der Waals surface area contributed by atoms with Gasteiger partial charge in [0.25, 0.3) is 0 Å². The van der Waals surface area contributed by atoms with Crippen molar-refractivity contribution in [3.8, 4) is 0 Å².